The Labute approximate surface area is 117 Å². The van der Waals surface area contributed by atoms with E-state index < -0.39 is 5.97 Å². The molecule has 0 spiro atoms. The lowest BCUT2D eigenvalue weighted by Crippen LogP contribution is -2.15. The summed E-state index contributed by atoms with van der Waals surface area (Å²) in [4.78, 5) is 22.9. The molecule has 108 valence electrons. The third-order valence-electron chi connectivity index (χ3n) is 3.67. The van der Waals surface area contributed by atoms with Gasteiger partial charge in [0, 0.05) is 6.42 Å². The van der Waals surface area contributed by atoms with Gasteiger partial charge in [0.15, 0.2) is 0 Å². The van der Waals surface area contributed by atoms with Crippen LogP contribution in [0.5, 0.6) is 5.75 Å². The summed E-state index contributed by atoms with van der Waals surface area (Å²) in [5.74, 6) is -0.227. The number of carbonyl (C=O) groups excluding carboxylic acids is 1. The summed E-state index contributed by atoms with van der Waals surface area (Å²) >= 11 is 0. The van der Waals surface area contributed by atoms with Crippen LogP contribution in [0.1, 0.15) is 42.5 Å². The molecule has 1 aromatic carbocycles. The normalized spacial score (nSPS) is 15.1. The highest BCUT2D eigenvalue weighted by Crippen LogP contribution is 2.29. The molecule has 1 aromatic rings. The average molecular weight is 277 g/mol. The predicted octanol–water partition coefficient (Wildman–Crippen LogP) is 2.91. The molecule has 1 aliphatic rings. The molecule has 20 heavy (non-hydrogen) atoms. The minimum atomic E-state index is -1.02. The van der Waals surface area contributed by atoms with Crippen molar-refractivity contribution in [1.82, 2.24) is 0 Å². The fourth-order valence-corrected chi connectivity index (χ4v) is 2.61. The maximum Gasteiger partial charge on any atom is 0.335 e. The van der Waals surface area contributed by atoms with Crippen molar-refractivity contribution in [3.8, 4) is 5.75 Å². The summed E-state index contributed by atoms with van der Waals surface area (Å²) in [5, 5.41) is 11.7. The first-order valence-electron chi connectivity index (χ1n) is 6.81. The Balaban J connectivity index is 2.04. The van der Waals surface area contributed by atoms with Crippen LogP contribution >= 0.6 is 0 Å². The SMILES string of the molecule is COc1cc(C(=O)O)ccc1NC(=O)CC1CCCC1. The van der Waals surface area contributed by atoms with Crippen molar-refractivity contribution in [1.29, 1.82) is 0 Å². The summed E-state index contributed by atoms with van der Waals surface area (Å²) < 4.78 is 5.13. The average Bonchev–Trinajstić information content (AvgIpc) is 2.91. The molecule has 5 nitrogen and oxygen atoms in total. The van der Waals surface area contributed by atoms with Crippen LogP contribution in [-0.4, -0.2) is 24.1 Å². The van der Waals surface area contributed by atoms with E-state index in [1.807, 2.05) is 0 Å². The molecule has 0 atom stereocenters. The number of methoxy groups -OCH3 is 1. The molecule has 0 aromatic heterocycles. The Morgan fingerprint density at radius 2 is 2.05 bits per heavy atom. The molecule has 1 saturated carbocycles. The van der Waals surface area contributed by atoms with Gasteiger partial charge in [0.2, 0.25) is 5.91 Å². The molecule has 0 unspecified atom stereocenters. The summed E-state index contributed by atoms with van der Waals surface area (Å²) in [7, 11) is 1.45. The Bertz CT molecular complexity index is 507. The fraction of sp³-hybridized carbons (Fsp3) is 0.467. The number of hydrogen-bond donors (Lipinski definition) is 2. The van der Waals surface area contributed by atoms with E-state index in [4.69, 9.17) is 9.84 Å². The van der Waals surface area contributed by atoms with Gasteiger partial charge in [-0.3, -0.25) is 4.79 Å². The number of nitrogens with one attached hydrogen (secondary N) is 1. The van der Waals surface area contributed by atoms with Crippen LogP contribution in [0.4, 0.5) is 5.69 Å². The maximum absolute atomic E-state index is 12.0. The number of carboxylic acid groups (broad SMARTS) is 1. The molecular formula is C15H19NO4. The zero-order chi connectivity index (χ0) is 14.5. The maximum atomic E-state index is 12.0. The topological polar surface area (TPSA) is 75.6 Å². The van der Waals surface area contributed by atoms with Crippen LogP contribution in [0.15, 0.2) is 18.2 Å². The van der Waals surface area contributed by atoms with Gasteiger partial charge in [0.05, 0.1) is 18.4 Å². The van der Waals surface area contributed by atoms with Gasteiger partial charge < -0.3 is 15.2 Å². The van der Waals surface area contributed by atoms with Crippen molar-refractivity contribution in [3.63, 3.8) is 0 Å². The number of hydrogen-bond acceptors (Lipinski definition) is 3. The summed E-state index contributed by atoms with van der Waals surface area (Å²) in [6.07, 6.45) is 5.15. The van der Waals surface area contributed by atoms with Gasteiger partial charge in [0.25, 0.3) is 0 Å². The first-order chi connectivity index (χ1) is 9.60. The molecule has 2 rings (SSSR count). The molecule has 0 saturated heterocycles. The Morgan fingerprint density at radius 1 is 1.35 bits per heavy atom. The molecule has 0 radical (unpaired) electrons. The third-order valence-corrected chi connectivity index (χ3v) is 3.67. The van der Waals surface area contributed by atoms with Crippen LogP contribution in [0, 0.1) is 5.92 Å². The molecule has 1 fully saturated rings. The van der Waals surface area contributed by atoms with E-state index in [1.165, 1.54) is 32.1 Å². The van der Waals surface area contributed by atoms with Crippen molar-refractivity contribution in [2.24, 2.45) is 5.92 Å². The van der Waals surface area contributed by atoms with E-state index >= 15 is 0 Å². The lowest BCUT2D eigenvalue weighted by atomic mass is 10.0. The molecule has 0 bridgehead atoms. The molecule has 5 heteroatoms. The first-order valence-corrected chi connectivity index (χ1v) is 6.81. The van der Waals surface area contributed by atoms with Crippen LogP contribution < -0.4 is 10.1 Å². The molecule has 1 amide bonds. The lowest BCUT2D eigenvalue weighted by Gasteiger charge is -2.13. The number of carboxylic acids is 1. The third kappa shape index (κ3) is 3.50. The second kappa shape index (κ2) is 6.41. The number of anilines is 1. The van der Waals surface area contributed by atoms with Gasteiger partial charge >= 0.3 is 5.97 Å². The molecule has 2 N–H and O–H groups in total. The van der Waals surface area contributed by atoms with E-state index in [0.717, 1.165) is 12.8 Å². The number of rotatable bonds is 5. The fourth-order valence-electron chi connectivity index (χ4n) is 2.61. The van der Waals surface area contributed by atoms with Gasteiger partial charge in [-0.05, 0) is 37.0 Å². The second-order valence-corrected chi connectivity index (χ2v) is 5.12. The van der Waals surface area contributed by atoms with E-state index in [2.05, 4.69) is 5.32 Å². The second-order valence-electron chi connectivity index (χ2n) is 5.12. The largest absolute Gasteiger partial charge is 0.495 e. The predicted molar refractivity (Wildman–Crippen MR) is 75.2 cm³/mol. The highest BCUT2D eigenvalue weighted by molar-refractivity contribution is 5.94. The van der Waals surface area contributed by atoms with Crippen molar-refractivity contribution in [2.75, 3.05) is 12.4 Å². The Hall–Kier alpha value is -2.04. The zero-order valence-electron chi connectivity index (χ0n) is 11.5. The summed E-state index contributed by atoms with van der Waals surface area (Å²) in [6.45, 7) is 0. The van der Waals surface area contributed by atoms with Crippen LogP contribution in [-0.2, 0) is 4.79 Å². The zero-order valence-corrected chi connectivity index (χ0v) is 11.5. The summed E-state index contributed by atoms with van der Waals surface area (Å²) in [5.41, 5.74) is 0.649. The quantitative estimate of drug-likeness (QED) is 0.867. The van der Waals surface area contributed by atoms with E-state index in [-0.39, 0.29) is 11.5 Å². The van der Waals surface area contributed by atoms with Crippen LogP contribution in [0.3, 0.4) is 0 Å². The molecular weight excluding hydrogens is 258 g/mol. The first kappa shape index (κ1) is 14.4. The number of ether oxygens (including phenoxy) is 1. The number of amides is 1. The highest BCUT2D eigenvalue weighted by atomic mass is 16.5. The van der Waals surface area contributed by atoms with Gasteiger partial charge in [0.1, 0.15) is 5.75 Å². The Morgan fingerprint density at radius 3 is 2.65 bits per heavy atom. The number of carbonyl (C=O) groups is 2. The monoisotopic (exact) mass is 277 g/mol. The summed E-state index contributed by atoms with van der Waals surface area (Å²) in [6, 6.07) is 4.43. The minimum Gasteiger partial charge on any atom is -0.495 e. The van der Waals surface area contributed by atoms with Gasteiger partial charge in [-0.1, -0.05) is 12.8 Å². The van der Waals surface area contributed by atoms with Crippen molar-refractivity contribution in [3.05, 3.63) is 23.8 Å². The Kier molecular flexibility index (Phi) is 4.61. The highest BCUT2D eigenvalue weighted by Gasteiger charge is 2.19. The van der Waals surface area contributed by atoms with Gasteiger partial charge in [-0.15, -0.1) is 0 Å². The van der Waals surface area contributed by atoms with Crippen molar-refractivity contribution >= 4 is 17.6 Å². The molecule has 0 aliphatic heterocycles. The van der Waals surface area contributed by atoms with E-state index in [1.54, 1.807) is 6.07 Å². The van der Waals surface area contributed by atoms with E-state index in [9.17, 15) is 9.59 Å². The van der Waals surface area contributed by atoms with Crippen molar-refractivity contribution in [2.45, 2.75) is 32.1 Å². The van der Waals surface area contributed by atoms with Gasteiger partial charge in [-0.2, -0.15) is 0 Å². The minimum absolute atomic E-state index is 0.0433. The van der Waals surface area contributed by atoms with Crippen LogP contribution in [0.25, 0.3) is 0 Å². The number of benzene rings is 1. The lowest BCUT2D eigenvalue weighted by molar-refractivity contribution is -0.117. The number of aromatic carboxylic acids is 1. The molecule has 0 heterocycles. The van der Waals surface area contributed by atoms with Crippen LogP contribution in [0.2, 0.25) is 0 Å². The smallest absolute Gasteiger partial charge is 0.335 e. The molecule has 1 aliphatic carbocycles. The standard InChI is InChI=1S/C15H19NO4/c1-20-13-9-11(15(18)19)6-7-12(13)16-14(17)8-10-4-2-3-5-10/h6-7,9-10H,2-5,8H2,1H3,(H,16,17)(H,18,19). The van der Waals surface area contributed by atoms with E-state index in [0.29, 0.717) is 23.8 Å². The van der Waals surface area contributed by atoms with Gasteiger partial charge in [-0.25, -0.2) is 4.79 Å². The van der Waals surface area contributed by atoms with Crippen molar-refractivity contribution < 1.29 is 19.4 Å².